The topological polar surface area (TPSA) is 72.5 Å². The van der Waals surface area contributed by atoms with Gasteiger partial charge in [0.1, 0.15) is 5.25 Å². The van der Waals surface area contributed by atoms with Gasteiger partial charge in [0.15, 0.2) is 0 Å². The first kappa shape index (κ1) is 18.1. The van der Waals surface area contributed by atoms with Gasteiger partial charge >= 0.3 is 5.97 Å². The molecule has 122 valence electrons. The molecular weight excluding hydrogens is 290 g/mol. The van der Waals surface area contributed by atoms with Gasteiger partial charge in [0.05, 0.1) is 13.5 Å². The van der Waals surface area contributed by atoms with E-state index in [1.54, 1.807) is 6.92 Å². The molecule has 1 rings (SSSR count). The van der Waals surface area contributed by atoms with E-state index in [-0.39, 0.29) is 22.8 Å². The second-order valence-electron chi connectivity index (χ2n) is 6.65. The molecule has 0 saturated heterocycles. The Kier molecular flexibility index (Phi) is 5.96. The van der Waals surface area contributed by atoms with Gasteiger partial charge in [-0.05, 0) is 45.4 Å². The fourth-order valence-corrected chi connectivity index (χ4v) is 3.54. The lowest BCUT2D eigenvalue weighted by molar-refractivity contribution is -0.141. The molecule has 1 amide bonds. The van der Waals surface area contributed by atoms with Gasteiger partial charge in [-0.3, -0.25) is 13.8 Å². The maximum absolute atomic E-state index is 12.4. The van der Waals surface area contributed by atoms with E-state index in [1.807, 2.05) is 20.8 Å². The number of hydrogen-bond acceptors (Lipinski definition) is 4. The molecule has 6 heteroatoms. The minimum Gasteiger partial charge on any atom is -0.469 e. The van der Waals surface area contributed by atoms with Crippen molar-refractivity contribution < 1.29 is 18.5 Å². The smallest absolute Gasteiger partial charge is 0.306 e. The highest BCUT2D eigenvalue weighted by Crippen LogP contribution is 2.49. The second-order valence-corrected chi connectivity index (χ2v) is 8.40. The van der Waals surface area contributed by atoms with Crippen molar-refractivity contribution in [1.29, 1.82) is 0 Å². The predicted octanol–water partition coefficient (Wildman–Crippen LogP) is 1.77. The maximum atomic E-state index is 12.4. The first-order chi connectivity index (χ1) is 9.64. The fraction of sp³-hybridized carbons (Fsp3) is 0.867. The van der Waals surface area contributed by atoms with Gasteiger partial charge in [0.2, 0.25) is 5.91 Å². The van der Waals surface area contributed by atoms with Crippen molar-refractivity contribution in [2.24, 2.45) is 5.41 Å². The summed E-state index contributed by atoms with van der Waals surface area (Å²) < 4.78 is 17.1. The highest BCUT2D eigenvalue weighted by molar-refractivity contribution is 7.86. The average Bonchev–Trinajstić information content (AvgIpc) is 3.16. The summed E-state index contributed by atoms with van der Waals surface area (Å²) in [5.74, 6) is -0.0637. The Morgan fingerprint density at radius 2 is 1.95 bits per heavy atom. The van der Waals surface area contributed by atoms with Crippen molar-refractivity contribution in [3.63, 3.8) is 0 Å². The molecule has 1 aliphatic carbocycles. The molecule has 1 fully saturated rings. The molecule has 0 bridgehead atoms. The van der Waals surface area contributed by atoms with Gasteiger partial charge in [-0.1, -0.05) is 6.92 Å². The Balaban J connectivity index is 2.55. The molecule has 1 N–H and O–H groups in total. The van der Waals surface area contributed by atoms with E-state index in [0.29, 0.717) is 12.2 Å². The lowest BCUT2D eigenvalue weighted by Gasteiger charge is -2.26. The number of ether oxygens (including phenoxy) is 1. The number of amides is 1. The highest BCUT2D eigenvalue weighted by Gasteiger charge is 2.47. The van der Waals surface area contributed by atoms with Crippen molar-refractivity contribution in [2.75, 3.05) is 12.9 Å². The van der Waals surface area contributed by atoms with Crippen LogP contribution in [0.1, 0.15) is 53.4 Å². The summed E-state index contributed by atoms with van der Waals surface area (Å²) in [6.45, 7) is 7.57. The molecule has 5 nitrogen and oxygen atoms in total. The number of carbonyl (C=O) groups excluding carboxylic acids is 2. The quantitative estimate of drug-likeness (QED) is 0.693. The van der Waals surface area contributed by atoms with Crippen LogP contribution >= 0.6 is 0 Å². The van der Waals surface area contributed by atoms with E-state index in [2.05, 4.69) is 10.1 Å². The third kappa shape index (κ3) is 5.41. The van der Waals surface area contributed by atoms with Crippen molar-refractivity contribution in [2.45, 2.75) is 64.2 Å². The van der Waals surface area contributed by atoms with Gasteiger partial charge in [-0.2, -0.15) is 0 Å². The summed E-state index contributed by atoms with van der Waals surface area (Å²) in [5.41, 5.74) is -0.508. The molecule has 2 atom stereocenters. The summed E-state index contributed by atoms with van der Waals surface area (Å²) in [6.07, 6.45) is 2.86. The lowest BCUT2D eigenvalue weighted by Crippen LogP contribution is -2.48. The number of nitrogens with one attached hydrogen (secondary N) is 1. The Morgan fingerprint density at radius 1 is 1.38 bits per heavy atom. The number of rotatable bonds is 8. The van der Waals surface area contributed by atoms with Crippen LogP contribution in [-0.4, -0.2) is 39.7 Å². The summed E-state index contributed by atoms with van der Waals surface area (Å²) in [7, 11) is 0.0827. The van der Waals surface area contributed by atoms with Crippen LogP contribution in [-0.2, 0) is 25.1 Å². The fourth-order valence-electron chi connectivity index (χ4n) is 2.00. The van der Waals surface area contributed by atoms with Crippen LogP contribution in [0.25, 0.3) is 0 Å². The van der Waals surface area contributed by atoms with E-state index in [4.69, 9.17) is 0 Å². The van der Waals surface area contributed by atoms with Crippen LogP contribution in [0.5, 0.6) is 0 Å². The Labute approximate surface area is 129 Å². The first-order valence-corrected chi connectivity index (χ1v) is 8.79. The van der Waals surface area contributed by atoms with Crippen molar-refractivity contribution in [3.8, 4) is 0 Å². The second kappa shape index (κ2) is 6.90. The molecule has 2 unspecified atom stereocenters. The van der Waals surface area contributed by atoms with E-state index in [1.165, 1.54) is 7.11 Å². The third-order valence-electron chi connectivity index (χ3n) is 4.26. The normalized spacial score (nSPS) is 19.5. The lowest BCUT2D eigenvalue weighted by atomic mass is 10.0. The van der Waals surface area contributed by atoms with E-state index in [0.717, 1.165) is 19.3 Å². The van der Waals surface area contributed by atoms with Crippen molar-refractivity contribution in [1.82, 2.24) is 5.32 Å². The zero-order valence-corrected chi connectivity index (χ0v) is 14.5. The molecule has 0 radical (unpaired) electrons. The molecule has 0 aromatic rings. The maximum Gasteiger partial charge on any atom is 0.306 e. The molecule has 1 saturated carbocycles. The Hall–Kier alpha value is -0.910. The number of hydrogen-bond donors (Lipinski definition) is 1. The van der Waals surface area contributed by atoms with Gasteiger partial charge in [0.25, 0.3) is 0 Å². The zero-order chi connectivity index (χ0) is 16.3. The summed E-state index contributed by atoms with van der Waals surface area (Å²) in [5, 5.41) is 2.36. The van der Waals surface area contributed by atoms with Gasteiger partial charge < -0.3 is 10.1 Å². The first-order valence-electron chi connectivity index (χ1n) is 7.41. The number of methoxy groups -OCH3 is 1. The SMILES string of the molecule is CCC(C)(C)NC(=O)C(C)S(=O)CC1(CC(=O)OC)CC1. The largest absolute Gasteiger partial charge is 0.469 e. The minimum atomic E-state index is -1.28. The molecule has 0 spiro atoms. The van der Waals surface area contributed by atoms with Crippen LogP contribution in [0.4, 0.5) is 0 Å². The summed E-state index contributed by atoms with van der Waals surface area (Å²) in [4.78, 5) is 23.5. The summed E-state index contributed by atoms with van der Waals surface area (Å²) >= 11 is 0. The van der Waals surface area contributed by atoms with Gasteiger partial charge in [-0.25, -0.2) is 0 Å². The van der Waals surface area contributed by atoms with Crippen molar-refractivity contribution >= 4 is 22.7 Å². The molecule has 0 aromatic heterocycles. The van der Waals surface area contributed by atoms with Crippen LogP contribution in [0, 0.1) is 5.41 Å². The van der Waals surface area contributed by atoms with E-state index < -0.39 is 16.0 Å². The monoisotopic (exact) mass is 317 g/mol. The van der Waals surface area contributed by atoms with Gasteiger partial charge in [-0.15, -0.1) is 0 Å². The number of esters is 1. The Bertz CT molecular complexity index is 429. The molecular formula is C15H27NO4S. The van der Waals surface area contributed by atoms with Crippen molar-refractivity contribution in [3.05, 3.63) is 0 Å². The molecule has 0 heterocycles. The Morgan fingerprint density at radius 3 is 2.38 bits per heavy atom. The van der Waals surface area contributed by atoms with Gasteiger partial charge in [0, 0.05) is 22.1 Å². The van der Waals surface area contributed by atoms with Crippen LogP contribution < -0.4 is 5.32 Å². The molecule has 0 aromatic carbocycles. The molecule has 1 aliphatic rings. The predicted molar refractivity (Wildman–Crippen MR) is 83.3 cm³/mol. The standard InChI is InChI=1S/C15H27NO4S/c1-6-14(3,4)16-13(18)11(2)21(19)10-15(7-8-15)9-12(17)20-5/h11H,6-10H2,1-5H3,(H,16,18). The van der Waals surface area contributed by atoms with E-state index in [9.17, 15) is 13.8 Å². The average molecular weight is 317 g/mol. The third-order valence-corrected chi connectivity index (χ3v) is 6.16. The highest BCUT2D eigenvalue weighted by atomic mass is 32.2. The van der Waals surface area contributed by atoms with Crippen LogP contribution in [0.15, 0.2) is 0 Å². The molecule has 0 aliphatic heterocycles. The van der Waals surface area contributed by atoms with Crippen LogP contribution in [0.3, 0.4) is 0 Å². The minimum absolute atomic E-state index is 0.186. The molecule has 21 heavy (non-hydrogen) atoms. The van der Waals surface area contributed by atoms with Crippen LogP contribution in [0.2, 0.25) is 0 Å². The zero-order valence-electron chi connectivity index (χ0n) is 13.7. The van der Waals surface area contributed by atoms with E-state index >= 15 is 0 Å². The number of carbonyl (C=O) groups is 2. The summed E-state index contributed by atoms with van der Waals surface area (Å²) in [6, 6.07) is 0.